The molecule has 5 aliphatic heterocycles. The molecule has 2 atom stereocenters. The van der Waals surface area contributed by atoms with Gasteiger partial charge in [-0.15, -0.1) is 8.78 Å². The zero-order valence-electron chi connectivity index (χ0n) is 24.6. The lowest BCUT2D eigenvalue weighted by Crippen LogP contribution is -2.72. The molecule has 238 valence electrons. The van der Waals surface area contributed by atoms with E-state index in [2.05, 4.69) is 36.5 Å². The Morgan fingerprint density at radius 2 is 1.84 bits per heavy atom. The van der Waals surface area contributed by atoms with Gasteiger partial charge in [-0.2, -0.15) is 0 Å². The molecule has 2 unspecified atom stereocenters. The van der Waals surface area contributed by atoms with Crippen molar-refractivity contribution < 1.29 is 42.1 Å². The highest BCUT2D eigenvalue weighted by atomic mass is 32.1. The molecule has 8 rings (SSSR count). The second kappa shape index (κ2) is 11.3. The number of hydrogen-bond acceptors (Lipinski definition) is 11. The van der Waals surface area contributed by atoms with Crippen molar-refractivity contribution in [3.63, 3.8) is 0 Å². The monoisotopic (exact) mass is 643 g/mol. The molecule has 4 fully saturated rings. The number of piperazine rings is 1. The van der Waals surface area contributed by atoms with Gasteiger partial charge in [0, 0.05) is 44.2 Å². The first-order chi connectivity index (χ1) is 21.6. The van der Waals surface area contributed by atoms with E-state index in [9.17, 15) is 18.4 Å². The summed E-state index contributed by atoms with van der Waals surface area (Å²) in [5, 5.41) is 6.23. The zero-order valence-corrected chi connectivity index (χ0v) is 25.4. The largest absolute Gasteiger partial charge is 0.586 e. The van der Waals surface area contributed by atoms with Crippen LogP contribution in [-0.4, -0.2) is 93.2 Å². The maximum absolute atomic E-state index is 13.9. The van der Waals surface area contributed by atoms with E-state index < -0.39 is 18.1 Å². The van der Waals surface area contributed by atoms with Gasteiger partial charge in [0.25, 0.3) is 11.8 Å². The Bertz CT molecular complexity index is 1680. The first-order valence-corrected chi connectivity index (χ1v) is 15.3. The highest BCUT2D eigenvalue weighted by Crippen LogP contribution is 2.46. The van der Waals surface area contributed by atoms with E-state index in [1.54, 1.807) is 12.1 Å². The quantitative estimate of drug-likeness (QED) is 0.315. The number of fused-ring (bicyclic) bond motifs is 4. The predicted molar refractivity (Wildman–Crippen MR) is 161 cm³/mol. The van der Waals surface area contributed by atoms with Crippen molar-refractivity contribution in [1.29, 1.82) is 0 Å². The number of anilines is 2. The molecule has 5 aliphatic rings. The molecule has 0 saturated carbocycles. The van der Waals surface area contributed by atoms with Crippen molar-refractivity contribution in [3.8, 4) is 17.2 Å². The first kappa shape index (κ1) is 29.5. The molecule has 3 aromatic rings. The number of piperidine rings is 1. The Balaban J connectivity index is 1.17. The van der Waals surface area contributed by atoms with Crippen LogP contribution < -0.4 is 29.7 Å². The zero-order chi connectivity index (χ0) is 31.5. The second-order valence-electron chi connectivity index (χ2n) is 11.3. The summed E-state index contributed by atoms with van der Waals surface area (Å²) in [5.41, 5.74) is 0.682. The third kappa shape index (κ3) is 5.38. The van der Waals surface area contributed by atoms with Gasteiger partial charge in [-0.25, -0.2) is 4.98 Å². The third-order valence-electron chi connectivity index (χ3n) is 8.55. The number of thiazole rings is 1. The molecule has 0 radical (unpaired) electrons. The first-order valence-electron chi connectivity index (χ1n) is 14.5. The predicted octanol–water partition coefficient (Wildman–Crippen LogP) is 3.82. The molecule has 2 aromatic carbocycles. The van der Waals surface area contributed by atoms with Crippen molar-refractivity contribution in [2.24, 2.45) is 0 Å². The van der Waals surface area contributed by atoms with Gasteiger partial charge in [0.2, 0.25) is 0 Å². The number of carbonyl (C=O) groups is 2. The number of alkyl halides is 2. The Morgan fingerprint density at radius 1 is 1.11 bits per heavy atom. The van der Waals surface area contributed by atoms with Crippen molar-refractivity contribution in [3.05, 3.63) is 47.7 Å². The number of ether oxygens (including phenoxy) is 5. The fourth-order valence-corrected chi connectivity index (χ4v) is 7.37. The normalized spacial score (nSPS) is 21.6. The number of halogens is 2. The Hall–Kier alpha value is -4.21. The van der Waals surface area contributed by atoms with E-state index in [1.165, 1.54) is 25.6 Å². The van der Waals surface area contributed by atoms with Crippen LogP contribution in [0.5, 0.6) is 17.2 Å². The standard InChI is InChI=1S/C30H31F2N5O7S/c1-15(40-2)6-7-33-27(38)19-9-23-24(44-30(31,32)43-23)10-21(19)34-28(39)25-22(41-3)5-4-20-26(25)45-29(35-20)37-16-8-17(37)12-36(11-16)18-13-42-14-18/h4-5,9-10,16-18H,1,6-8,11-14H2,2-3H3,(H,33,38)(H,34,39). The fraction of sp³-hybridized carbons (Fsp3) is 0.433. The number of nitrogens with zero attached hydrogens (tertiary/aromatic N) is 3. The molecule has 45 heavy (non-hydrogen) atoms. The van der Waals surface area contributed by atoms with E-state index in [0.29, 0.717) is 46.3 Å². The van der Waals surface area contributed by atoms with Crippen LogP contribution >= 0.6 is 11.3 Å². The summed E-state index contributed by atoms with van der Waals surface area (Å²) in [6.07, 6.45) is -2.50. The molecule has 15 heteroatoms. The summed E-state index contributed by atoms with van der Waals surface area (Å²) in [6, 6.07) is 6.85. The van der Waals surface area contributed by atoms with E-state index >= 15 is 0 Å². The van der Waals surface area contributed by atoms with Gasteiger partial charge in [0.1, 0.15) is 11.3 Å². The van der Waals surface area contributed by atoms with Crippen molar-refractivity contribution in [2.75, 3.05) is 57.3 Å². The van der Waals surface area contributed by atoms with E-state index in [0.717, 1.165) is 50.0 Å². The molecule has 0 aliphatic carbocycles. The smallest absolute Gasteiger partial charge is 0.502 e. The van der Waals surface area contributed by atoms with Crippen LogP contribution in [0, 0.1) is 0 Å². The minimum absolute atomic E-state index is 0.0516. The van der Waals surface area contributed by atoms with Crippen molar-refractivity contribution in [2.45, 2.75) is 37.3 Å². The van der Waals surface area contributed by atoms with Crippen LogP contribution in [0.2, 0.25) is 0 Å². The van der Waals surface area contributed by atoms with Gasteiger partial charge in [0.05, 0.1) is 60.7 Å². The number of rotatable bonds is 10. The Kier molecular flexibility index (Phi) is 7.41. The van der Waals surface area contributed by atoms with Gasteiger partial charge in [-0.05, 0) is 24.6 Å². The lowest BCUT2D eigenvalue weighted by Gasteiger charge is -2.58. The number of benzene rings is 2. The average molecular weight is 644 g/mol. The molecule has 2 bridgehead atoms. The average Bonchev–Trinajstić information content (AvgIpc) is 3.52. The maximum Gasteiger partial charge on any atom is 0.586 e. The van der Waals surface area contributed by atoms with Crippen LogP contribution in [0.1, 0.15) is 33.6 Å². The molecule has 6 heterocycles. The highest BCUT2D eigenvalue weighted by Gasteiger charge is 2.48. The van der Waals surface area contributed by atoms with Crippen LogP contribution in [-0.2, 0) is 9.47 Å². The van der Waals surface area contributed by atoms with Crippen LogP contribution in [0.3, 0.4) is 0 Å². The number of amides is 2. The maximum atomic E-state index is 13.9. The van der Waals surface area contributed by atoms with E-state index in [-0.39, 0.29) is 34.9 Å². The molecule has 2 N–H and O–H groups in total. The molecular weight excluding hydrogens is 612 g/mol. The molecular formula is C30H31F2N5O7S. The minimum Gasteiger partial charge on any atom is -0.502 e. The number of aromatic nitrogens is 1. The Labute approximate surface area is 260 Å². The lowest BCUT2D eigenvalue weighted by atomic mass is 9.87. The molecule has 0 spiro atoms. The van der Waals surface area contributed by atoms with Crippen LogP contribution in [0.4, 0.5) is 19.6 Å². The second-order valence-corrected chi connectivity index (χ2v) is 12.3. The summed E-state index contributed by atoms with van der Waals surface area (Å²) in [6.45, 7) is 7.29. The number of hydrogen-bond donors (Lipinski definition) is 2. The van der Waals surface area contributed by atoms with Crippen LogP contribution in [0.25, 0.3) is 10.2 Å². The number of carbonyl (C=O) groups excluding carboxylic acids is 2. The SMILES string of the molecule is C=C(CCNC(=O)c1cc2c(cc1NC(=O)c1c(OC)ccc3nc(N4C5CC4CN(C4COC4)C5)sc13)OC(F)(F)O2)OC. The van der Waals surface area contributed by atoms with Gasteiger partial charge >= 0.3 is 6.29 Å². The van der Waals surface area contributed by atoms with E-state index in [4.69, 9.17) is 19.2 Å². The summed E-state index contributed by atoms with van der Waals surface area (Å²) < 4.78 is 53.6. The van der Waals surface area contributed by atoms with Gasteiger partial charge in [-0.1, -0.05) is 17.9 Å². The summed E-state index contributed by atoms with van der Waals surface area (Å²) >= 11 is 1.40. The van der Waals surface area contributed by atoms with Gasteiger partial charge < -0.3 is 39.2 Å². The molecule has 1 aromatic heterocycles. The third-order valence-corrected chi connectivity index (χ3v) is 9.65. The highest BCUT2D eigenvalue weighted by molar-refractivity contribution is 7.22. The van der Waals surface area contributed by atoms with Gasteiger partial charge in [0.15, 0.2) is 16.6 Å². The van der Waals surface area contributed by atoms with Crippen molar-refractivity contribution >= 4 is 44.2 Å². The fourth-order valence-electron chi connectivity index (χ4n) is 6.13. The van der Waals surface area contributed by atoms with Gasteiger partial charge in [-0.3, -0.25) is 14.5 Å². The lowest BCUT2D eigenvalue weighted by molar-refractivity contribution is -0.286. The van der Waals surface area contributed by atoms with Crippen molar-refractivity contribution in [1.82, 2.24) is 15.2 Å². The van der Waals surface area contributed by atoms with Crippen LogP contribution in [0.15, 0.2) is 36.6 Å². The molecule has 2 amide bonds. The summed E-state index contributed by atoms with van der Waals surface area (Å²) in [4.78, 5) is 36.8. The number of methoxy groups -OCH3 is 2. The number of nitrogens with one attached hydrogen (secondary N) is 2. The minimum atomic E-state index is -3.92. The summed E-state index contributed by atoms with van der Waals surface area (Å²) in [7, 11) is 2.92. The topological polar surface area (TPSA) is 124 Å². The Morgan fingerprint density at radius 3 is 2.51 bits per heavy atom. The van der Waals surface area contributed by atoms with E-state index in [1.807, 2.05) is 0 Å². The molecule has 12 nitrogen and oxygen atoms in total. The molecule has 4 saturated heterocycles. The summed E-state index contributed by atoms with van der Waals surface area (Å²) in [5.74, 6) is -1.15.